The van der Waals surface area contributed by atoms with Crippen molar-refractivity contribution in [2.75, 3.05) is 57.3 Å². The van der Waals surface area contributed by atoms with Crippen LogP contribution in [0.3, 0.4) is 0 Å². The number of hydrogen-bond acceptors (Lipinski definition) is 7. The van der Waals surface area contributed by atoms with Gasteiger partial charge in [-0.3, -0.25) is 9.69 Å². The molecule has 1 aromatic heterocycles. The molecule has 192 valence electrons. The maximum absolute atomic E-state index is 12.7. The quantitative estimate of drug-likeness (QED) is 0.484. The normalized spacial score (nSPS) is 17.6. The second kappa shape index (κ2) is 10.8. The Morgan fingerprint density at radius 1 is 1.00 bits per heavy atom. The van der Waals surface area contributed by atoms with E-state index >= 15 is 0 Å². The van der Waals surface area contributed by atoms with Crippen molar-refractivity contribution in [1.82, 2.24) is 19.5 Å². The molecule has 3 heterocycles. The number of nitrogens with one attached hydrogen (secondary N) is 1. The number of aryl methyl sites for hydroxylation is 1. The second-order valence-electron chi connectivity index (χ2n) is 9.33. The molecular formula is C26H33N5O3S2. The largest absolute Gasteiger partial charge is 0.351 e. The minimum absolute atomic E-state index is 0.181. The SMILES string of the molecule is CCc1cccc2sc(N3CCN(CCNC(=O)c4ccc(S(=O)(=O)N5CCCC5)cc4)CC3)nc12. The third-order valence-electron chi connectivity index (χ3n) is 7.05. The first-order valence-electron chi connectivity index (χ1n) is 12.7. The third-order valence-corrected chi connectivity index (χ3v) is 10.0. The molecule has 0 radical (unpaired) electrons. The number of sulfonamides is 1. The second-order valence-corrected chi connectivity index (χ2v) is 12.3. The number of fused-ring (bicyclic) bond motifs is 1. The molecule has 2 aliphatic rings. The van der Waals surface area contributed by atoms with Crippen molar-refractivity contribution in [3.05, 3.63) is 53.6 Å². The van der Waals surface area contributed by atoms with Crippen molar-refractivity contribution in [3.63, 3.8) is 0 Å². The van der Waals surface area contributed by atoms with Crippen molar-refractivity contribution in [1.29, 1.82) is 0 Å². The number of rotatable bonds is 8. The molecule has 10 heteroatoms. The molecule has 8 nitrogen and oxygen atoms in total. The summed E-state index contributed by atoms with van der Waals surface area (Å²) in [5, 5.41) is 4.06. The average Bonchev–Trinajstić information content (AvgIpc) is 3.60. The first-order valence-corrected chi connectivity index (χ1v) is 15.0. The van der Waals surface area contributed by atoms with Crippen molar-refractivity contribution in [2.45, 2.75) is 31.1 Å². The number of nitrogens with zero attached hydrogens (tertiary/aromatic N) is 4. The molecule has 0 bridgehead atoms. The predicted octanol–water partition coefficient (Wildman–Crippen LogP) is 3.20. The fourth-order valence-corrected chi connectivity index (χ4v) is 7.45. The highest BCUT2D eigenvalue weighted by Crippen LogP contribution is 2.31. The Kier molecular flexibility index (Phi) is 7.57. The molecule has 36 heavy (non-hydrogen) atoms. The number of thiazole rings is 1. The van der Waals surface area contributed by atoms with Gasteiger partial charge in [-0.15, -0.1) is 0 Å². The van der Waals surface area contributed by atoms with E-state index in [-0.39, 0.29) is 10.8 Å². The van der Waals surface area contributed by atoms with Gasteiger partial charge in [0.05, 0.1) is 15.1 Å². The number of carbonyl (C=O) groups is 1. The molecule has 0 spiro atoms. The molecule has 2 aliphatic heterocycles. The molecule has 1 N–H and O–H groups in total. The minimum Gasteiger partial charge on any atom is -0.351 e. The molecule has 0 unspecified atom stereocenters. The van der Waals surface area contributed by atoms with Crippen molar-refractivity contribution in [2.24, 2.45) is 0 Å². The van der Waals surface area contributed by atoms with E-state index in [0.29, 0.717) is 25.2 Å². The summed E-state index contributed by atoms with van der Waals surface area (Å²) in [5.74, 6) is -0.181. The van der Waals surface area contributed by atoms with E-state index in [9.17, 15) is 13.2 Å². The lowest BCUT2D eigenvalue weighted by Crippen LogP contribution is -2.48. The topological polar surface area (TPSA) is 85.8 Å². The van der Waals surface area contributed by atoms with Gasteiger partial charge in [0.2, 0.25) is 10.0 Å². The van der Waals surface area contributed by atoms with Crippen molar-refractivity contribution in [3.8, 4) is 0 Å². The minimum atomic E-state index is -3.46. The van der Waals surface area contributed by atoms with Crippen LogP contribution >= 0.6 is 11.3 Å². The lowest BCUT2D eigenvalue weighted by Gasteiger charge is -2.34. The highest BCUT2D eigenvalue weighted by atomic mass is 32.2. The summed E-state index contributed by atoms with van der Waals surface area (Å²) in [6, 6.07) is 12.7. The van der Waals surface area contributed by atoms with Gasteiger partial charge in [-0.1, -0.05) is 30.4 Å². The molecule has 2 saturated heterocycles. The first kappa shape index (κ1) is 25.1. The van der Waals surface area contributed by atoms with Crippen LogP contribution in [0.5, 0.6) is 0 Å². The van der Waals surface area contributed by atoms with Crippen LogP contribution in [0.2, 0.25) is 0 Å². The van der Waals surface area contributed by atoms with Gasteiger partial charge in [0.1, 0.15) is 0 Å². The zero-order valence-electron chi connectivity index (χ0n) is 20.6. The summed E-state index contributed by atoms with van der Waals surface area (Å²) < 4.78 is 28.1. The van der Waals surface area contributed by atoms with E-state index in [2.05, 4.69) is 40.2 Å². The molecule has 2 aromatic carbocycles. The number of aromatic nitrogens is 1. The highest BCUT2D eigenvalue weighted by Gasteiger charge is 2.27. The molecule has 3 aromatic rings. The van der Waals surface area contributed by atoms with Gasteiger partial charge in [0.15, 0.2) is 5.13 Å². The van der Waals surface area contributed by atoms with Gasteiger partial charge >= 0.3 is 0 Å². The predicted molar refractivity (Wildman–Crippen MR) is 144 cm³/mol. The molecule has 0 atom stereocenters. The lowest BCUT2D eigenvalue weighted by molar-refractivity contribution is 0.0947. The standard InChI is InChI=1S/C26H33N5O3S2/c1-2-20-6-5-7-23-24(20)28-26(35-23)30-18-16-29(17-19-30)15-12-27-25(32)21-8-10-22(11-9-21)36(33,34)31-13-3-4-14-31/h5-11H,2-4,12-19H2,1H3,(H,27,32). The van der Waals surface area contributed by atoms with Gasteiger partial charge in [-0.05, 0) is 55.2 Å². The molecule has 2 fully saturated rings. The van der Waals surface area contributed by atoms with E-state index in [1.54, 1.807) is 23.5 Å². The molecule has 0 saturated carbocycles. The van der Waals surface area contributed by atoms with Crippen molar-refractivity contribution >= 4 is 42.6 Å². The average molecular weight is 528 g/mol. The van der Waals surface area contributed by atoms with E-state index in [1.807, 2.05) is 0 Å². The zero-order valence-corrected chi connectivity index (χ0v) is 22.3. The monoisotopic (exact) mass is 527 g/mol. The summed E-state index contributed by atoms with van der Waals surface area (Å²) in [5.41, 5.74) is 2.90. The Morgan fingerprint density at radius 3 is 2.42 bits per heavy atom. The Morgan fingerprint density at radius 2 is 1.72 bits per heavy atom. The van der Waals surface area contributed by atoms with Gasteiger partial charge < -0.3 is 10.2 Å². The van der Waals surface area contributed by atoms with Crippen LogP contribution in [0.4, 0.5) is 5.13 Å². The lowest BCUT2D eigenvalue weighted by atomic mass is 10.1. The van der Waals surface area contributed by atoms with Crippen LogP contribution in [-0.4, -0.2) is 80.9 Å². The van der Waals surface area contributed by atoms with E-state index in [4.69, 9.17) is 4.98 Å². The third kappa shape index (κ3) is 5.27. The Hall–Kier alpha value is -2.53. The Balaban J connectivity index is 1.09. The number of amides is 1. The summed E-state index contributed by atoms with van der Waals surface area (Å²) in [6.45, 7) is 8.32. The fourth-order valence-electron chi connectivity index (χ4n) is 4.86. The number of hydrogen-bond donors (Lipinski definition) is 1. The van der Waals surface area contributed by atoms with E-state index in [0.717, 1.165) is 62.6 Å². The fraction of sp³-hybridized carbons (Fsp3) is 0.462. The molecular weight excluding hydrogens is 494 g/mol. The van der Waals surface area contributed by atoms with Crippen LogP contribution in [0.25, 0.3) is 10.2 Å². The van der Waals surface area contributed by atoms with Crippen LogP contribution in [0.1, 0.15) is 35.7 Å². The Labute approximate surface area is 217 Å². The summed E-state index contributed by atoms with van der Waals surface area (Å²) >= 11 is 1.76. The number of carbonyl (C=O) groups excluding carboxylic acids is 1. The maximum Gasteiger partial charge on any atom is 0.251 e. The summed E-state index contributed by atoms with van der Waals surface area (Å²) in [7, 11) is -3.46. The van der Waals surface area contributed by atoms with Gasteiger partial charge in [-0.2, -0.15) is 4.31 Å². The van der Waals surface area contributed by atoms with Gasteiger partial charge in [0.25, 0.3) is 5.91 Å². The number of piperazine rings is 1. The van der Waals surface area contributed by atoms with E-state index in [1.165, 1.54) is 26.7 Å². The molecule has 5 rings (SSSR count). The summed E-state index contributed by atoms with van der Waals surface area (Å²) in [6.07, 6.45) is 2.79. The molecule has 0 aliphatic carbocycles. The van der Waals surface area contributed by atoms with Crippen LogP contribution < -0.4 is 10.2 Å². The summed E-state index contributed by atoms with van der Waals surface area (Å²) in [4.78, 5) is 22.5. The highest BCUT2D eigenvalue weighted by molar-refractivity contribution is 7.89. The smallest absolute Gasteiger partial charge is 0.251 e. The zero-order chi connectivity index (χ0) is 25.1. The molecule has 1 amide bonds. The number of benzene rings is 2. The van der Waals surface area contributed by atoms with E-state index < -0.39 is 10.0 Å². The van der Waals surface area contributed by atoms with Gasteiger partial charge in [-0.25, -0.2) is 13.4 Å². The maximum atomic E-state index is 12.7. The van der Waals surface area contributed by atoms with Crippen molar-refractivity contribution < 1.29 is 13.2 Å². The number of para-hydroxylation sites is 1. The van der Waals surface area contributed by atoms with Crippen LogP contribution in [0, 0.1) is 0 Å². The first-order chi connectivity index (χ1) is 17.5. The van der Waals surface area contributed by atoms with Crippen LogP contribution in [0.15, 0.2) is 47.4 Å². The van der Waals surface area contributed by atoms with Gasteiger partial charge in [0, 0.05) is 57.9 Å². The number of anilines is 1. The Bertz CT molecular complexity index is 1310. The van der Waals surface area contributed by atoms with Crippen LogP contribution in [-0.2, 0) is 16.4 Å².